The second-order valence-corrected chi connectivity index (χ2v) is 4.03. The van der Waals surface area contributed by atoms with E-state index in [0.717, 1.165) is 25.8 Å². The van der Waals surface area contributed by atoms with E-state index in [1.165, 1.54) is 19.3 Å². The van der Waals surface area contributed by atoms with Crippen LogP contribution in [-0.4, -0.2) is 18.4 Å². The molecule has 0 aromatic heterocycles. The summed E-state index contributed by atoms with van der Waals surface area (Å²) >= 11 is 0. The number of ketones is 1. The van der Waals surface area contributed by atoms with Crippen LogP contribution < -0.4 is 5.32 Å². The summed E-state index contributed by atoms with van der Waals surface area (Å²) in [6.07, 6.45) is 7.15. The smallest absolute Gasteiger partial charge is 0.152 e. The van der Waals surface area contributed by atoms with Crippen molar-refractivity contribution < 1.29 is 4.79 Å². The fourth-order valence-corrected chi connectivity index (χ4v) is 1.92. The minimum absolute atomic E-state index is 0.208. The van der Waals surface area contributed by atoms with E-state index < -0.39 is 0 Å². The largest absolute Gasteiger partial charge is 0.307 e. The van der Waals surface area contributed by atoms with Gasteiger partial charge in [-0.3, -0.25) is 4.79 Å². The molecule has 0 aromatic carbocycles. The Bertz CT molecular complexity index is 167. The zero-order valence-corrected chi connectivity index (χ0v) is 7.51. The lowest BCUT2D eigenvalue weighted by molar-refractivity contribution is -0.122. The Morgan fingerprint density at radius 3 is 2.67 bits per heavy atom. The number of rotatable bonds is 2. The van der Waals surface area contributed by atoms with E-state index >= 15 is 0 Å². The normalized spacial score (nSPS) is 31.2. The van der Waals surface area contributed by atoms with E-state index in [1.54, 1.807) is 0 Å². The Morgan fingerprint density at radius 1 is 1.08 bits per heavy atom. The molecule has 2 rings (SSSR count). The molecule has 2 aliphatic rings. The highest BCUT2D eigenvalue weighted by atomic mass is 16.1. The average Bonchev–Trinajstić information content (AvgIpc) is 2.92. The van der Waals surface area contributed by atoms with Crippen LogP contribution in [0, 0.1) is 5.92 Å². The SMILES string of the molecule is O=C(C1CC1)C1CCCCCN1. The van der Waals surface area contributed by atoms with Gasteiger partial charge in [0.15, 0.2) is 5.78 Å². The number of nitrogens with one attached hydrogen (secondary N) is 1. The molecule has 68 valence electrons. The van der Waals surface area contributed by atoms with Gasteiger partial charge >= 0.3 is 0 Å². The van der Waals surface area contributed by atoms with Crippen molar-refractivity contribution in [2.75, 3.05) is 6.54 Å². The van der Waals surface area contributed by atoms with E-state index in [-0.39, 0.29) is 6.04 Å². The fourth-order valence-electron chi connectivity index (χ4n) is 1.92. The van der Waals surface area contributed by atoms with Crippen molar-refractivity contribution in [1.82, 2.24) is 5.32 Å². The van der Waals surface area contributed by atoms with Crippen LogP contribution in [0.4, 0.5) is 0 Å². The Balaban J connectivity index is 1.87. The van der Waals surface area contributed by atoms with Crippen molar-refractivity contribution >= 4 is 5.78 Å². The van der Waals surface area contributed by atoms with Gasteiger partial charge in [0, 0.05) is 5.92 Å². The van der Waals surface area contributed by atoms with Crippen molar-refractivity contribution in [3.63, 3.8) is 0 Å². The standard InChI is InChI=1S/C10H17NO/c12-10(8-5-6-8)9-4-2-1-3-7-11-9/h8-9,11H,1-7H2. The Labute approximate surface area is 73.7 Å². The van der Waals surface area contributed by atoms with Gasteiger partial charge in [0.25, 0.3) is 0 Å². The molecule has 1 heterocycles. The van der Waals surface area contributed by atoms with Gasteiger partial charge in [0.2, 0.25) is 0 Å². The Morgan fingerprint density at radius 2 is 1.92 bits per heavy atom. The topological polar surface area (TPSA) is 29.1 Å². The van der Waals surface area contributed by atoms with Crippen LogP contribution in [0.3, 0.4) is 0 Å². The van der Waals surface area contributed by atoms with E-state index in [1.807, 2.05) is 0 Å². The van der Waals surface area contributed by atoms with E-state index in [2.05, 4.69) is 5.32 Å². The summed E-state index contributed by atoms with van der Waals surface area (Å²) in [7, 11) is 0. The minimum Gasteiger partial charge on any atom is -0.307 e. The van der Waals surface area contributed by atoms with Crippen molar-refractivity contribution in [2.24, 2.45) is 5.92 Å². The molecule has 2 heteroatoms. The molecule has 1 saturated carbocycles. The summed E-state index contributed by atoms with van der Waals surface area (Å²) in [6, 6.07) is 0.208. The second kappa shape index (κ2) is 3.56. The molecule has 0 bridgehead atoms. The van der Waals surface area contributed by atoms with Gasteiger partial charge < -0.3 is 5.32 Å². The first-order valence-electron chi connectivity index (χ1n) is 5.15. The average molecular weight is 167 g/mol. The van der Waals surface area contributed by atoms with Gasteiger partial charge in [-0.2, -0.15) is 0 Å². The number of hydrogen-bond acceptors (Lipinski definition) is 2. The van der Waals surface area contributed by atoms with Crippen LogP contribution >= 0.6 is 0 Å². The molecule has 12 heavy (non-hydrogen) atoms. The van der Waals surface area contributed by atoms with E-state index in [9.17, 15) is 4.79 Å². The molecule has 0 aromatic rings. The molecule has 1 atom stereocenters. The first-order chi connectivity index (χ1) is 5.88. The maximum absolute atomic E-state index is 11.7. The van der Waals surface area contributed by atoms with Crippen molar-refractivity contribution in [2.45, 2.75) is 44.6 Å². The third kappa shape index (κ3) is 1.86. The lowest BCUT2D eigenvalue weighted by Gasteiger charge is -2.13. The van der Waals surface area contributed by atoms with Crippen LogP contribution in [0.1, 0.15) is 38.5 Å². The lowest BCUT2D eigenvalue weighted by Crippen LogP contribution is -2.36. The summed E-state index contributed by atoms with van der Waals surface area (Å²) < 4.78 is 0. The molecular formula is C10H17NO. The zero-order valence-electron chi connectivity index (χ0n) is 7.51. The van der Waals surface area contributed by atoms with Gasteiger partial charge in [-0.15, -0.1) is 0 Å². The molecule has 0 amide bonds. The second-order valence-electron chi connectivity index (χ2n) is 4.03. The molecule has 1 saturated heterocycles. The van der Waals surface area contributed by atoms with Gasteiger partial charge in [-0.1, -0.05) is 12.8 Å². The van der Waals surface area contributed by atoms with Crippen molar-refractivity contribution in [1.29, 1.82) is 0 Å². The van der Waals surface area contributed by atoms with Gasteiger partial charge in [0.05, 0.1) is 6.04 Å². The predicted octanol–water partition coefficient (Wildman–Crippen LogP) is 1.50. The minimum atomic E-state index is 0.208. The van der Waals surface area contributed by atoms with Gasteiger partial charge in [0.1, 0.15) is 0 Å². The summed E-state index contributed by atoms with van der Waals surface area (Å²) in [5, 5.41) is 3.35. The molecule has 2 nitrogen and oxygen atoms in total. The quantitative estimate of drug-likeness (QED) is 0.675. The van der Waals surface area contributed by atoms with Crippen LogP contribution in [-0.2, 0) is 4.79 Å². The van der Waals surface area contributed by atoms with Crippen LogP contribution in [0.5, 0.6) is 0 Å². The Hall–Kier alpha value is -0.370. The molecule has 1 N–H and O–H groups in total. The summed E-state index contributed by atoms with van der Waals surface area (Å²) in [4.78, 5) is 11.7. The Kier molecular flexibility index (Phi) is 2.45. The molecule has 1 aliphatic heterocycles. The molecule has 0 radical (unpaired) electrons. The van der Waals surface area contributed by atoms with Crippen molar-refractivity contribution in [3.8, 4) is 0 Å². The third-order valence-corrected chi connectivity index (χ3v) is 2.88. The van der Waals surface area contributed by atoms with E-state index in [0.29, 0.717) is 11.7 Å². The molecule has 1 aliphatic carbocycles. The van der Waals surface area contributed by atoms with Crippen LogP contribution in [0.15, 0.2) is 0 Å². The van der Waals surface area contributed by atoms with Crippen LogP contribution in [0.25, 0.3) is 0 Å². The molecule has 2 fully saturated rings. The predicted molar refractivity (Wildman–Crippen MR) is 48.0 cm³/mol. The highest BCUT2D eigenvalue weighted by Crippen LogP contribution is 2.32. The van der Waals surface area contributed by atoms with Gasteiger partial charge in [-0.25, -0.2) is 0 Å². The lowest BCUT2D eigenvalue weighted by atomic mass is 10.0. The number of carbonyl (C=O) groups is 1. The number of Topliss-reactive ketones (excluding diaryl/α,β-unsaturated/α-hetero) is 1. The molecule has 1 unspecified atom stereocenters. The van der Waals surface area contributed by atoms with E-state index in [4.69, 9.17) is 0 Å². The number of hydrogen-bond donors (Lipinski definition) is 1. The molecule has 0 spiro atoms. The highest BCUT2D eigenvalue weighted by Gasteiger charge is 2.34. The van der Waals surface area contributed by atoms with Crippen molar-refractivity contribution in [3.05, 3.63) is 0 Å². The highest BCUT2D eigenvalue weighted by molar-refractivity contribution is 5.88. The zero-order chi connectivity index (χ0) is 8.39. The van der Waals surface area contributed by atoms with Gasteiger partial charge in [-0.05, 0) is 32.2 Å². The first kappa shape index (κ1) is 8.24. The molecular weight excluding hydrogens is 150 g/mol. The van der Waals surface area contributed by atoms with Crippen LogP contribution in [0.2, 0.25) is 0 Å². The third-order valence-electron chi connectivity index (χ3n) is 2.88. The first-order valence-corrected chi connectivity index (χ1v) is 5.15. The summed E-state index contributed by atoms with van der Waals surface area (Å²) in [5.74, 6) is 0.928. The summed E-state index contributed by atoms with van der Waals surface area (Å²) in [5.41, 5.74) is 0. The number of carbonyl (C=O) groups excluding carboxylic acids is 1. The fraction of sp³-hybridized carbons (Fsp3) is 0.900. The maximum Gasteiger partial charge on any atom is 0.152 e. The summed E-state index contributed by atoms with van der Waals surface area (Å²) in [6.45, 7) is 1.04. The maximum atomic E-state index is 11.7. The monoisotopic (exact) mass is 167 g/mol.